The Kier molecular flexibility index (Phi) is 5.68. The maximum absolute atomic E-state index is 13.2. The number of thiophene rings is 1. The molecule has 2 aliphatic carbocycles. The molecular formula is C23H29NO3S2. The molecule has 1 N–H and O–H groups in total. The first-order chi connectivity index (χ1) is 13.7. The summed E-state index contributed by atoms with van der Waals surface area (Å²) >= 11 is 3.42. The molecule has 2 aromatic heterocycles. The highest BCUT2D eigenvalue weighted by Crippen LogP contribution is 2.46. The SMILES string of the molecule is Cc1csc(-c2c(CC(=O)[C@H]3CCCC[C@@H]3C(=O)O)sc3c2CCC(C)(C)C3)n1. The van der Waals surface area contributed by atoms with E-state index in [1.807, 2.05) is 6.92 Å². The number of hydrogen-bond donors (Lipinski definition) is 1. The Hall–Kier alpha value is -1.53. The minimum absolute atomic E-state index is 0.101. The Labute approximate surface area is 180 Å². The molecule has 156 valence electrons. The summed E-state index contributed by atoms with van der Waals surface area (Å²) in [6.07, 6.45) is 6.76. The van der Waals surface area contributed by atoms with E-state index >= 15 is 0 Å². The highest BCUT2D eigenvalue weighted by Gasteiger charge is 2.37. The van der Waals surface area contributed by atoms with Crippen molar-refractivity contribution < 1.29 is 14.7 Å². The Bertz CT molecular complexity index is 940. The Morgan fingerprint density at radius 3 is 2.62 bits per heavy atom. The van der Waals surface area contributed by atoms with Crippen LogP contribution in [-0.2, 0) is 28.9 Å². The Morgan fingerprint density at radius 2 is 1.97 bits per heavy atom. The third-order valence-electron chi connectivity index (χ3n) is 6.52. The summed E-state index contributed by atoms with van der Waals surface area (Å²) in [6, 6.07) is 0. The number of aromatic nitrogens is 1. The van der Waals surface area contributed by atoms with Gasteiger partial charge in [0.25, 0.3) is 0 Å². The van der Waals surface area contributed by atoms with Crippen LogP contribution in [0.1, 0.15) is 67.0 Å². The summed E-state index contributed by atoms with van der Waals surface area (Å²) in [4.78, 5) is 32.2. The number of carbonyl (C=O) groups excluding carboxylic acids is 1. The second-order valence-electron chi connectivity index (χ2n) is 9.42. The fourth-order valence-corrected chi connectivity index (χ4v) is 7.49. The van der Waals surface area contributed by atoms with Crippen molar-refractivity contribution in [3.8, 4) is 10.6 Å². The lowest BCUT2D eigenvalue weighted by Gasteiger charge is -2.29. The Morgan fingerprint density at radius 1 is 1.24 bits per heavy atom. The van der Waals surface area contributed by atoms with Gasteiger partial charge < -0.3 is 5.11 Å². The molecule has 2 atom stereocenters. The summed E-state index contributed by atoms with van der Waals surface area (Å²) in [5, 5.41) is 12.7. The molecule has 2 aliphatic rings. The first-order valence-corrected chi connectivity index (χ1v) is 12.3. The van der Waals surface area contributed by atoms with Crippen LogP contribution in [-0.4, -0.2) is 21.8 Å². The van der Waals surface area contributed by atoms with Crippen molar-refractivity contribution in [1.82, 2.24) is 4.98 Å². The van der Waals surface area contributed by atoms with Crippen LogP contribution in [0.2, 0.25) is 0 Å². The molecule has 0 amide bonds. The molecule has 1 fully saturated rings. The van der Waals surface area contributed by atoms with E-state index in [4.69, 9.17) is 4.98 Å². The van der Waals surface area contributed by atoms with Gasteiger partial charge in [0.2, 0.25) is 0 Å². The topological polar surface area (TPSA) is 67.3 Å². The Balaban J connectivity index is 1.69. The number of carboxylic acid groups (broad SMARTS) is 1. The average Bonchev–Trinajstić information content (AvgIpc) is 3.23. The van der Waals surface area contributed by atoms with Crippen molar-refractivity contribution in [2.45, 2.75) is 72.1 Å². The monoisotopic (exact) mass is 431 g/mol. The fraction of sp³-hybridized carbons (Fsp3) is 0.609. The third kappa shape index (κ3) is 4.19. The van der Waals surface area contributed by atoms with Gasteiger partial charge in [0.1, 0.15) is 10.8 Å². The van der Waals surface area contributed by atoms with Gasteiger partial charge >= 0.3 is 5.97 Å². The van der Waals surface area contributed by atoms with E-state index in [2.05, 4.69) is 19.2 Å². The van der Waals surface area contributed by atoms with E-state index in [1.54, 1.807) is 22.7 Å². The molecular weight excluding hydrogens is 402 g/mol. The van der Waals surface area contributed by atoms with Gasteiger partial charge in [0, 0.05) is 38.7 Å². The maximum atomic E-state index is 13.2. The molecule has 2 heterocycles. The average molecular weight is 432 g/mol. The lowest BCUT2D eigenvalue weighted by molar-refractivity contribution is -0.148. The van der Waals surface area contributed by atoms with Gasteiger partial charge in [-0.25, -0.2) is 4.98 Å². The molecule has 0 radical (unpaired) electrons. The number of nitrogens with zero attached hydrogens (tertiary/aromatic N) is 1. The number of rotatable bonds is 5. The van der Waals surface area contributed by atoms with E-state index in [9.17, 15) is 14.7 Å². The summed E-state index contributed by atoms with van der Waals surface area (Å²) in [7, 11) is 0. The van der Waals surface area contributed by atoms with Gasteiger partial charge in [-0.15, -0.1) is 22.7 Å². The number of fused-ring (bicyclic) bond motifs is 1. The highest BCUT2D eigenvalue weighted by atomic mass is 32.1. The van der Waals surface area contributed by atoms with Gasteiger partial charge in [-0.05, 0) is 50.0 Å². The highest BCUT2D eigenvalue weighted by molar-refractivity contribution is 7.15. The van der Waals surface area contributed by atoms with Crippen molar-refractivity contribution in [2.24, 2.45) is 17.3 Å². The van der Waals surface area contributed by atoms with Crippen LogP contribution in [0, 0.1) is 24.2 Å². The number of hydrogen-bond acceptors (Lipinski definition) is 5. The minimum Gasteiger partial charge on any atom is -0.481 e. The number of ketones is 1. The predicted octanol–water partition coefficient (Wildman–Crippen LogP) is 5.70. The predicted molar refractivity (Wildman–Crippen MR) is 118 cm³/mol. The fourth-order valence-electron chi connectivity index (χ4n) is 4.91. The molecule has 4 rings (SSSR count). The molecule has 4 nitrogen and oxygen atoms in total. The summed E-state index contributed by atoms with van der Waals surface area (Å²) in [6.45, 7) is 6.63. The second-order valence-corrected chi connectivity index (χ2v) is 11.5. The van der Waals surface area contributed by atoms with Crippen molar-refractivity contribution in [2.75, 3.05) is 0 Å². The van der Waals surface area contributed by atoms with Crippen molar-refractivity contribution in [3.05, 3.63) is 26.4 Å². The lowest BCUT2D eigenvalue weighted by atomic mass is 9.75. The van der Waals surface area contributed by atoms with Crippen LogP contribution in [0.25, 0.3) is 10.6 Å². The largest absolute Gasteiger partial charge is 0.481 e. The number of thiazole rings is 1. The zero-order valence-electron chi connectivity index (χ0n) is 17.4. The molecule has 0 unspecified atom stereocenters. The normalized spacial score (nSPS) is 23.6. The van der Waals surface area contributed by atoms with Gasteiger partial charge in [0.05, 0.1) is 5.92 Å². The molecule has 2 aromatic rings. The lowest BCUT2D eigenvalue weighted by Crippen LogP contribution is -2.33. The van der Waals surface area contributed by atoms with Gasteiger partial charge in [-0.3, -0.25) is 9.59 Å². The number of Topliss-reactive ketones (excluding diaryl/α,β-unsaturated/α-hetero) is 1. The van der Waals surface area contributed by atoms with Crippen LogP contribution in [0.5, 0.6) is 0 Å². The van der Waals surface area contributed by atoms with E-state index in [-0.39, 0.29) is 17.1 Å². The van der Waals surface area contributed by atoms with Crippen molar-refractivity contribution in [3.63, 3.8) is 0 Å². The summed E-state index contributed by atoms with van der Waals surface area (Å²) in [5.41, 5.74) is 3.85. The van der Waals surface area contributed by atoms with Crippen molar-refractivity contribution in [1.29, 1.82) is 0 Å². The van der Waals surface area contributed by atoms with Crippen LogP contribution >= 0.6 is 22.7 Å². The molecule has 0 aliphatic heterocycles. The van der Waals surface area contributed by atoms with Crippen LogP contribution < -0.4 is 0 Å². The van der Waals surface area contributed by atoms with Crippen LogP contribution in [0.4, 0.5) is 0 Å². The number of aliphatic carboxylic acids is 1. The third-order valence-corrected chi connectivity index (χ3v) is 8.73. The van der Waals surface area contributed by atoms with Crippen LogP contribution in [0.3, 0.4) is 0 Å². The van der Waals surface area contributed by atoms with Gasteiger partial charge in [-0.1, -0.05) is 26.7 Å². The summed E-state index contributed by atoms with van der Waals surface area (Å²) < 4.78 is 0. The minimum atomic E-state index is -0.814. The maximum Gasteiger partial charge on any atom is 0.307 e. The molecule has 1 saturated carbocycles. The quantitative estimate of drug-likeness (QED) is 0.660. The van der Waals surface area contributed by atoms with E-state index < -0.39 is 11.9 Å². The zero-order chi connectivity index (χ0) is 20.8. The smallest absolute Gasteiger partial charge is 0.307 e. The van der Waals surface area contributed by atoms with Gasteiger partial charge in [-0.2, -0.15) is 0 Å². The summed E-state index contributed by atoms with van der Waals surface area (Å²) in [5.74, 6) is -1.58. The van der Waals surface area contributed by atoms with Gasteiger partial charge in [0.15, 0.2) is 0 Å². The van der Waals surface area contributed by atoms with Crippen LogP contribution in [0.15, 0.2) is 5.38 Å². The zero-order valence-corrected chi connectivity index (χ0v) is 19.0. The van der Waals surface area contributed by atoms with Crippen molar-refractivity contribution >= 4 is 34.4 Å². The van der Waals surface area contributed by atoms with E-state index in [1.165, 1.54) is 16.0 Å². The standard InChI is InChI=1S/C23H29NO3S2/c1-13-12-28-21(24-13)20-16-8-9-23(2,3)11-19(16)29-18(20)10-17(25)14-6-4-5-7-15(14)22(26)27/h12,14-15H,4-11H2,1-3H3,(H,26,27)/t14-,15-/m0/s1. The molecule has 0 aromatic carbocycles. The molecule has 29 heavy (non-hydrogen) atoms. The first kappa shape index (κ1) is 20.7. The number of carboxylic acids is 1. The number of aryl methyl sites for hydroxylation is 1. The van der Waals surface area contributed by atoms with E-state index in [0.717, 1.165) is 47.7 Å². The number of carbonyl (C=O) groups is 2. The molecule has 0 bridgehead atoms. The molecule has 0 spiro atoms. The molecule has 0 saturated heterocycles. The van der Waals surface area contributed by atoms with E-state index in [0.29, 0.717) is 19.3 Å². The second kappa shape index (κ2) is 7.95. The first-order valence-electron chi connectivity index (χ1n) is 10.6. The molecule has 6 heteroatoms.